The van der Waals surface area contributed by atoms with Crippen LogP contribution in [0.4, 0.5) is 5.69 Å². The highest BCUT2D eigenvalue weighted by Gasteiger charge is 2.18. The lowest BCUT2D eigenvalue weighted by atomic mass is 10.1. The summed E-state index contributed by atoms with van der Waals surface area (Å²) >= 11 is 0. The minimum Gasteiger partial charge on any atom is -0.493 e. The van der Waals surface area contributed by atoms with Gasteiger partial charge in [-0.1, -0.05) is 23.8 Å². The van der Waals surface area contributed by atoms with Crippen molar-refractivity contribution in [3.8, 4) is 17.6 Å². The number of nitrogens with zero attached hydrogens (tertiary/aromatic N) is 2. The van der Waals surface area contributed by atoms with Gasteiger partial charge in [-0.25, -0.2) is 0 Å². The van der Waals surface area contributed by atoms with Crippen molar-refractivity contribution in [3.05, 3.63) is 53.6 Å². The number of rotatable bonds is 9. The molecule has 0 aliphatic heterocycles. The van der Waals surface area contributed by atoms with Crippen LogP contribution < -0.4 is 14.4 Å². The quantitative estimate of drug-likeness (QED) is 0.605. The Bertz CT molecular complexity index is 887. The summed E-state index contributed by atoms with van der Waals surface area (Å²) in [6.07, 6.45) is 0.176. The molecular formula is C22H24N2O5. The zero-order chi connectivity index (χ0) is 21.2. The number of nitriles is 1. The van der Waals surface area contributed by atoms with E-state index in [1.165, 1.54) is 19.1 Å². The van der Waals surface area contributed by atoms with Crippen LogP contribution in [0, 0.1) is 18.3 Å². The Morgan fingerprint density at radius 3 is 2.34 bits per heavy atom. The molecule has 0 aromatic heterocycles. The fourth-order valence-corrected chi connectivity index (χ4v) is 2.71. The Kier molecular flexibility index (Phi) is 8.04. The minimum atomic E-state index is -0.533. The van der Waals surface area contributed by atoms with Crippen molar-refractivity contribution in [2.75, 3.05) is 32.3 Å². The number of aryl methyl sites for hydroxylation is 1. The summed E-state index contributed by atoms with van der Waals surface area (Å²) in [7, 11) is 3.04. The monoisotopic (exact) mass is 396 g/mol. The van der Waals surface area contributed by atoms with E-state index in [1.807, 2.05) is 25.1 Å². The number of amides is 1. The third-order valence-corrected chi connectivity index (χ3v) is 4.25. The highest BCUT2D eigenvalue weighted by Crippen LogP contribution is 2.27. The first-order valence-electron chi connectivity index (χ1n) is 9.09. The zero-order valence-electron chi connectivity index (χ0n) is 16.8. The summed E-state index contributed by atoms with van der Waals surface area (Å²) in [5, 5.41) is 8.86. The van der Waals surface area contributed by atoms with Gasteiger partial charge in [0.2, 0.25) is 0 Å². The van der Waals surface area contributed by atoms with Gasteiger partial charge in [-0.15, -0.1) is 0 Å². The average Bonchev–Trinajstić information content (AvgIpc) is 2.73. The summed E-state index contributed by atoms with van der Waals surface area (Å²) in [6, 6.07) is 14.5. The van der Waals surface area contributed by atoms with E-state index < -0.39 is 12.6 Å². The van der Waals surface area contributed by atoms with Crippen LogP contribution in [0.2, 0.25) is 0 Å². The molecule has 0 fully saturated rings. The lowest BCUT2D eigenvalue weighted by Gasteiger charge is -2.21. The summed E-state index contributed by atoms with van der Waals surface area (Å²) in [5.41, 5.74) is 2.40. The van der Waals surface area contributed by atoms with Crippen molar-refractivity contribution in [1.82, 2.24) is 0 Å². The van der Waals surface area contributed by atoms with Crippen molar-refractivity contribution in [1.29, 1.82) is 5.26 Å². The second kappa shape index (κ2) is 10.7. The standard InChI is InChI=1S/C22H24N2O5/c1-16-5-8-18(9-6-16)24(12-4-11-23)21(25)15-29-22(26)14-17-7-10-19(27-2)20(13-17)28-3/h5-10,13H,4,12,14-15H2,1-3H3. The molecule has 29 heavy (non-hydrogen) atoms. The van der Waals surface area contributed by atoms with Crippen molar-refractivity contribution in [3.63, 3.8) is 0 Å². The van der Waals surface area contributed by atoms with Crippen molar-refractivity contribution >= 4 is 17.6 Å². The van der Waals surface area contributed by atoms with Gasteiger partial charge >= 0.3 is 5.97 Å². The predicted molar refractivity (Wildman–Crippen MR) is 108 cm³/mol. The molecule has 1 amide bonds. The van der Waals surface area contributed by atoms with Crippen LogP contribution in [0.15, 0.2) is 42.5 Å². The highest BCUT2D eigenvalue weighted by atomic mass is 16.5. The van der Waals surface area contributed by atoms with Crippen LogP contribution in [0.5, 0.6) is 11.5 Å². The summed E-state index contributed by atoms with van der Waals surface area (Å²) in [5.74, 6) is 0.154. The Labute approximate surface area is 170 Å². The van der Waals surface area contributed by atoms with Gasteiger partial charge < -0.3 is 19.1 Å². The Morgan fingerprint density at radius 1 is 1.03 bits per heavy atom. The van der Waals surface area contributed by atoms with Crippen molar-refractivity contribution in [2.45, 2.75) is 19.8 Å². The third-order valence-electron chi connectivity index (χ3n) is 4.25. The van der Waals surface area contributed by atoms with Gasteiger partial charge in [-0.3, -0.25) is 9.59 Å². The second-order valence-corrected chi connectivity index (χ2v) is 6.32. The number of esters is 1. The molecule has 0 N–H and O–H groups in total. The first-order valence-corrected chi connectivity index (χ1v) is 9.09. The van der Waals surface area contributed by atoms with Gasteiger partial charge in [0.1, 0.15) is 0 Å². The SMILES string of the molecule is COc1ccc(CC(=O)OCC(=O)N(CCC#N)c2ccc(C)cc2)cc1OC. The normalized spacial score (nSPS) is 10.0. The molecule has 2 aromatic carbocycles. The molecule has 0 aliphatic rings. The highest BCUT2D eigenvalue weighted by molar-refractivity contribution is 5.95. The molecule has 0 bridgehead atoms. The van der Waals surface area contributed by atoms with Crippen molar-refractivity contribution in [2.24, 2.45) is 0 Å². The molecule has 0 heterocycles. The molecule has 0 atom stereocenters. The third kappa shape index (κ3) is 6.25. The van der Waals surface area contributed by atoms with Gasteiger partial charge in [0, 0.05) is 12.2 Å². The maximum atomic E-state index is 12.6. The molecule has 7 nitrogen and oxygen atoms in total. The molecule has 0 spiro atoms. The molecule has 0 saturated heterocycles. The van der Waals surface area contributed by atoms with Crippen molar-refractivity contribution < 1.29 is 23.8 Å². The van der Waals surface area contributed by atoms with E-state index in [9.17, 15) is 9.59 Å². The molecule has 0 unspecified atom stereocenters. The molecule has 0 radical (unpaired) electrons. The molecule has 0 aliphatic carbocycles. The molecule has 2 aromatic rings. The maximum absolute atomic E-state index is 12.6. The fourth-order valence-electron chi connectivity index (χ4n) is 2.71. The number of carbonyl (C=O) groups is 2. The number of benzene rings is 2. The topological polar surface area (TPSA) is 88.9 Å². The van der Waals surface area contributed by atoms with Crippen LogP contribution in [-0.2, 0) is 20.7 Å². The van der Waals surface area contributed by atoms with E-state index >= 15 is 0 Å². The number of carbonyl (C=O) groups excluding carboxylic acids is 2. The van der Waals surface area contributed by atoms with E-state index in [2.05, 4.69) is 0 Å². The predicted octanol–water partition coefficient (Wildman–Crippen LogP) is 3.04. The lowest BCUT2D eigenvalue weighted by Crippen LogP contribution is -2.35. The number of anilines is 1. The van der Waals surface area contributed by atoms with Crippen LogP contribution in [0.25, 0.3) is 0 Å². The fraction of sp³-hybridized carbons (Fsp3) is 0.318. The van der Waals surface area contributed by atoms with Gasteiger partial charge in [0.05, 0.1) is 33.1 Å². The Balaban J connectivity index is 1.99. The van der Waals surface area contributed by atoms with Crippen LogP contribution in [0.3, 0.4) is 0 Å². The molecule has 7 heteroatoms. The first-order chi connectivity index (χ1) is 14.0. The molecular weight excluding hydrogens is 372 g/mol. The van der Waals surface area contributed by atoms with Gasteiger partial charge in [0.15, 0.2) is 18.1 Å². The number of hydrogen-bond donors (Lipinski definition) is 0. The average molecular weight is 396 g/mol. The zero-order valence-corrected chi connectivity index (χ0v) is 16.8. The van der Waals surface area contributed by atoms with Gasteiger partial charge in [0.25, 0.3) is 5.91 Å². The smallest absolute Gasteiger partial charge is 0.310 e. The van der Waals surface area contributed by atoms with E-state index in [-0.39, 0.29) is 25.3 Å². The minimum absolute atomic E-state index is 0.00361. The van der Waals surface area contributed by atoms with Gasteiger partial charge in [-0.05, 0) is 36.8 Å². The Morgan fingerprint density at radius 2 is 1.72 bits per heavy atom. The van der Waals surface area contributed by atoms with E-state index in [1.54, 1.807) is 30.3 Å². The molecule has 152 valence electrons. The summed E-state index contributed by atoms with van der Waals surface area (Å²) in [6.45, 7) is 1.78. The van der Waals surface area contributed by atoms with E-state index in [0.29, 0.717) is 22.7 Å². The molecule has 0 saturated carbocycles. The van der Waals surface area contributed by atoms with Crippen LogP contribution >= 0.6 is 0 Å². The maximum Gasteiger partial charge on any atom is 0.310 e. The number of methoxy groups -OCH3 is 2. The van der Waals surface area contributed by atoms with Gasteiger partial charge in [-0.2, -0.15) is 5.26 Å². The Hall–Kier alpha value is -3.53. The first kappa shape index (κ1) is 21.8. The molecule has 2 rings (SSSR count). The summed E-state index contributed by atoms with van der Waals surface area (Å²) < 4.78 is 15.5. The van der Waals surface area contributed by atoms with E-state index in [0.717, 1.165) is 5.56 Å². The summed E-state index contributed by atoms with van der Waals surface area (Å²) in [4.78, 5) is 26.2. The second-order valence-electron chi connectivity index (χ2n) is 6.32. The number of ether oxygens (including phenoxy) is 3. The van der Waals surface area contributed by atoms with E-state index in [4.69, 9.17) is 19.5 Å². The van der Waals surface area contributed by atoms with Crippen LogP contribution in [-0.4, -0.2) is 39.2 Å². The number of hydrogen-bond acceptors (Lipinski definition) is 6. The van der Waals surface area contributed by atoms with Crippen LogP contribution in [0.1, 0.15) is 17.5 Å². The largest absolute Gasteiger partial charge is 0.493 e. The lowest BCUT2D eigenvalue weighted by molar-refractivity contribution is -0.147.